The topological polar surface area (TPSA) is 38.9 Å². The van der Waals surface area contributed by atoms with Gasteiger partial charge in [0.2, 0.25) is 5.89 Å². The summed E-state index contributed by atoms with van der Waals surface area (Å²) >= 11 is 7.34. The van der Waals surface area contributed by atoms with Crippen LogP contribution in [0.5, 0.6) is 0 Å². The van der Waals surface area contributed by atoms with Crippen LogP contribution in [-0.4, -0.2) is 16.0 Å². The maximum Gasteiger partial charge on any atom is 0.312 e. The Morgan fingerprint density at radius 3 is 3.00 bits per heavy atom. The molecule has 0 N–H and O–H groups in total. The van der Waals surface area contributed by atoms with Crippen molar-refractivity contribution in [2.45, 2.75) is 18.1 Å². The zero-order valence-corrected chi connectivity index (χ0v) is 7.36. The molecule has 0 radical (unpaired) electrons. The van der Waals surface area contributed by atoms with E-state index in [2.05, 4.69) is 10.2 Å². The van der Waals surface area contributed by atoms with Gasteiger partial charge in [0.05, 0.1) is 5.25 Å². The van der Waals surface area contributed by atoms with E-state index in [1.807, 2.05) is 11.8 Å². The van der Waals surface area contributed by atoms with Crippen LogP contribution in [0, 0.1) is 0 Å². The molecular formula is C6H7ClN2OS. The lowest BCUT2D eigenvalue weighted by Gasteiger charge is -1.98. The zero-order valence-electron chi connectivity index (χ0n) is 5.79. The van der Waals surface area contributed by atoms with Crippen LogP contribution in [0.1, 0.15) is 24.0 Å². The Bertz CT molecular complexity index is 246. The molecule has 1 aliphatic heterocycles. The lowest BCUT2D eigenvalue weighted by atomic mass is 10.2. The molecule has 1 saturated heterocycles. The summed E-state index contributed by atoms with van der Waals surface area (Å²) in [5.74, 6) is 1.86. The summed E-state index contributed by atoms with van der Waals surface area (Å²) in [6.07, 6.45) is 2.36. The van der Waals surface area contributed by atoms with Gasteiger partial charge in [-0.25, -0.2) is 0 Å². The van der Waals surface area contributed by atoms with Crippen LogP contribution in [0.15, 0.2) is 4.42 Å². The number of halogens is 1. The maximum atomic E-state index is 5.49. The first-order valence-corrected chi connectivity index (χ1v) is 4.89. The van der Waals surface area contributed by atoms with Gasteiger partial charge in [0.1, 0.15) is 0 Å². The molecule has 0 bridgehead atoms. The number of hydrogen-bond donors (Lipinski definition) is 0. The van der Waals surface area contributed by atoms with Gasteiger partial charge in [-0.05, 0) is 30.2 Å². The Morgan fingerprint density at radius 2 is 2.45 bits per heavy atom. The lowest BCUT2D eigenvalue weighted by molar-refractivity contribution is 0.487. The van der Waals surface area contributed by atoms with Crippen LogP contribution in [-0.2, 0) is 0 Å². The first-order valence-electron chi connectivity index (χ1n) is 3.47. The van der Waals surface area contributed by atoms with Crippen molar-refractivity contribution >= 4 is 23.4 Å². The highest BCUT2D eigenvalue weighted by atomic mass is 35.5. The van der Waals surface area contributed by atoms with Crippen molar-refractivity contribution in [1.29, 1.82) is 0 Å². The third kappa shape index (κ3) is 1.51. The first-order chi connectivity index (χ1) is 5.36. The van der Waals surface area contributed by atoms with Crippen molar-refractivity contribution in [2.24, 2.45) is 0 Å². The third-order valence-corrected chi connectivity index (χ3v) is 3.14. The minimum absolute atomic E-state index is 0.146. The van der Waals surface area contributed by atoms with Gasteiger partial charge in [0, 0.05) is 0 Å². The zero-order chi connectivity index (χ0) is 7.68. The monoisotopic (exact) mass is 190 g/mol. The Labute approximate surface area is 73.5 Å². The fourth-order valence-corrected chi connectivity index (χ4v) is 2.42. The van der Waals surface area contributed by atoms with E-state index in [4.69, 9.17) is 16.0 Å². The van der Waals surface area contributed by atoms with Gasteiger partial charge >= 0.3 is 5.35 Å². The van der Waals surface area contributed by atoms with E-state index in [1.54, 1.807) is 0 Å². The predicted molar refractivity (Wildman–Crippen MR) is 43.7 cm³/mol. The summed E-state index contributed by atoms with van der Waals surface area (Å²) < 4.78 is 5.09. The summed E-state index contributed by atoms with van der Waals surface area (Å²) in [7, 11) is 0. The summed E-state index contributed by atoms with van der Waals surface area (Å²) in [5, 5.41) is 7.96. The number of hydrogen-bond acceptors (Lipinski definition) is 4. The maximum absolute atomic E-state index is 5.49. The van der Waals surface area contributed by atoms with Crippen LogP contribution in [0.3, 0.4) is 0 Å². The van der Waals surface area contributed by atoms with Gasteiger partial charge in [0.25, 0.3) is 0 Å². The van der Waals surface area contributed by atoms with Gasteiger partial charge < -0.3 is 4.42 Å². The van der Waals surface area contributed by atoms with Crippen molar-refractivity contribution in [3.63, 3.8) is 0 Å². The molecule has 0 saturated carbocycles. The standard InChI is InChI=1S/C6H7ClN2OS/c7-6-9-8-5(10-6)4-2-1-3-11-4/h4H,1-3H2. The molecule has 1 aromatic rings. The summed E-state index contributed by atoms with van der Waals surface area (Å²) in [6, 6.07) is 0. The quantitative estimate of drug-likeness (QED) is 0.681. The van der Waals surface area contributed by atoms with E-state index < -0.39 is 0 Å². The van der Waals surface area contributed by atoms with Gasteiger partial charge in [-0.3, -0.25) is 0 Å². The normalized spacial score (nSPS) is 24.3. The second-order valence-corrected chi connectivity index (χ2v) is 4.03. The second-order valence-electron chi connectivity index (χ2n) is 2.39. The summed E-state index contributed by atoms with van der Waals surface area (Å²) in [5.41, 5.74) is 0. The minimum Gasteiger partial charge on any atom is -0.411 e. The molecule has 1 unspecified atom stereocenters. The van der Waals surface area contributed by atoms with E-state index >= 15 is 0 Å². The molecule has 1 aliphatic rings. The van der Waals surface area contributed by atoms with Crippen molar-refractivity contribution in [3.8, 4) is 0 Å². The molecule has 60 valence electrons. The largest absolute Gasteiger partial charge is 0.411 e. The first kappa shape index (κ1) is 7.43. The molecular weight excluding hydrogens is 184 g/mol. The highest BCUT2D eigenvalue weighted by Crippen LogP contribution is 2.39. The van der Waals surface area contributed by atoms with Gasteiger partial charge in [-0.15, -0.1) is 16.9 Å². The van der Waals surface area contributed by atoms with Crippen molar-refractivity contribution in [1.82, 2.24) is 10.2 Å². The summed E-state index contributed by atoms with van der Waals surface area (Å²) in [6.45, 7) is 0. The van der Waals surface area contributed by atoms with Crippen molar-refractivity contribution in [2.75, 3.05) is 5.75 Å². The molecule has 0 aromatic carbocycles. The third-order valence-electron chi connectivity index (χ3n) is 1.62. The Morgan fingerprint density at radius 1 is 1.55 bits per heavy atom. The lowest BCUT2D eigenvalue weighted by Crippen LogP contribution is -1.87. The van der Waals surface area contributed by atoms with Gasteiger partial charge in [-0.1, -0.05) is 5.10 Å². The minimum atomic E-state index is 0.146. The molecule has 1 aromatic heterocycles. The molecule has 5 heteroatoms. The van der Waals surface area contributed by atoms with Crippen LogP contribution >= 0.6 is 23.4 Å². The predicted octanol–water partition coefficient (Wildman–Crippen LogP) is 2.29. The highest BCUT2D eigenvalue weighted by molar-refractivity contribution is 7.99. The van der Waals surface area contributed by atoms with E-state index in [0.29, 0.717) is 11.1 Å². The van der Waals surface area contributed by atoms with E-state index in [-0.39, 0.29) is 5.35 Å². The van der Waals surface area contributed by atoms with E-state index in [0.717, 1.165) is 6.42 Å². The molecule has 2 rings (SSSR count). The molecule has 1 atom stereocenters. The van der Waals surface area contributed by atoms with Crippen molar-refractivity contribution < 1.29 is 4.42 Å². The van der Waals surface area contributed by atoms with E-state index in [1.165, 1.54) is 12.2 Å². The number of thioether (sulfide) groups is 1. The van der Waals surface area contributed by atoms with Crippen molar-refractivity contribution in [3.05, 3.63) is 11.2 Å². The fraction of sp³-hybridized carbons (Fsp3) is 0.667. The summed E-state index contributed by atoms with van der Waals surface area (Å²) in [4.78, 5) is 0. The Balaban J connectivity index is 2.15. The smallest absolute Gasteiger partial charge is 0.312 e. The average Bonchev–Trinajstić information content (AvgIpc) is 2.55. The molecule has 2 heterocycles. The SMILES string of the molecule is Clc1nnc(C2CCCS2)o1. The fourth-order valence-electron chi connectivity index (χ4n) is 1.12. The Kier molecular flexibility index (Phi) is 2.05. The van der Waals surface area contributed by atoms with Crippen LogP contribution in [0.2, 0.25) is 5.35 Å². The number of aromatic nitrogens is 2. The van der Waals surface area contributed by atoms with Gasteiger partial charge in [0.15, 0.2) is 0 Å². The van der Waals surface area contributed by atoms with Gasteiger partial charge in [-0.2, -0.15) is 0 Å². The molecule has 0 spiro atoms. The van der Waals surface area contributed by atoms with Crippen LogP contribution < -0.4 is 0 Å². The number of rotatable bonds is 1. The number of nitrogens with zero attached hydrogens (tertiary/aromatic N) is 2. The molecule has 0 amide bonds. The molecule has 0 aliphatic carbocycles. The molecule has 1 fully saturated rings. The molecule has 3 nitrogen and oxygen atoms in total. The van der Waals surface area contributed by atoms with Crippen LogP contribution in [0.25, 0.3) is 0 Å². The Hall–Kier alpha value is -0.220. The van der Waals surface area contributed by atoms with E-state index in [9.17, 15) is 0 Å². The van der Waals surface area contributed by atoms with Crippen LogP contribution in [0.4, 0.5) is 0 Å². The highest BCUT2D eigenvalue weighted by Gasteiger charge is 2.22. The second kappa shape index (κ2) is 3.03. The molecule has 11 heavy (non-hydrogen) atoms. The average molecular weight is 191 g/mol.